The largest absolute Gasteiger partial charge is 0.309 e. The lowest BCUT2D eigenvalue weighted by Gasteiger charge is -2.12. The number of rotatable bonds is 10. The zero-order valence-corrected chi connectivity index (χ0v) is 80.7. The third-order valence-electron chi connectivity index (χ3n) is 28.6. The van der Waals surface area contributed by atoms with Crippen molar-refractivity contribution >= 4 is 194 Å². The third kappa shape index (κ3) is 14.2. The van der Waals surface area contributed by atoms with Gasteiger partial charge < -0.3 is 27.4 Å². The third-order valence-corrected chi connectivity index (χ3v) is 30.9. The fourth-order valence-corrected chi connectivity index (χ4v) is 24.5. The van der Waals surface area contributed by atoms with Gasteiger partial charge in [0.1, 0.15) is 24.3 Å². The van der Waals surface area contributed by atoms with Crippen LogP contribution in [0.15, 0.2) is 474 Å². The molecule has 12 heterocycles. The minimum atomic E-state index is 0.394. The summed E-state index contributed by atoms with van der Waals surface area (Å²) in [6.07, 6.45) is 7.15. The second-order valence-electron chi connectivity index (χ2n) is 36.7. The van der Waals surface area contributed by atoms with Gasteiger partial charge in [-0.25, -0.2) is 19.9 Å². The minimum Gasteiger partial charge on any atom is -0.309 e. The second-order valence-corrected chi connectivity index (χ2v) is 38.8. The van der Waals surface area contributed by atoms with Crippen molar-refractivity contribution in [1.29, 1.82) is 21.0 Å². The number of benzene rings is 18. The summed E-state index contributed by atoms with van der Waals surface area (Å²) in [5, 5.41) is 59.5. The van der Waals surface area contributed by atoms with Gasteiger partial charge in [0, 0.05) is 163 Å². The van der Waals surface area contributed by atoms with Gasteiger partial charge in [-0.3, -0.25) is 0 Å². The molecule has 0 saturated carbocycles. The molecule has 16 heteroatoms. The molecule has 0 unspecified atom stereocenters. The molecule has 0 bridgehead atoms. The van der Waals surface area contributed by atoms with E-state index in [0.717, 1.165) is 150 Å². The van der Waals surface area contributed by atoms with Crippen LogP contribution in [-0.4, -0.2) is 47.3 Å². The molecule has 148 heavy (non-hydrogen) atoms. The van der Waals surface area contributed by atoms with Crippen LogP contribution < -0.4 is 0 Å². The summed E-state index contributed by atoms with van der Waals surface area (Å²) in [5.41, 5.74) is 28.3. The van der Waals surface area contributed by atoms with Gasteiger partial charge in [-0.05, 0) is 162 Å². The molecule has 0 amide bonds. The van der Waals surface area contributed by atoms with Crippen molar-refractivity contribution in [2.75, 3.05) is 0 Å². The van der Waals surface area contributed by atoms with Crippen LogP contribution in [0.25, 0.3) is 250 Å². The van der Waals surface area contributed by atoms with Gasteiger partial charge in [0.15, 0.2) is 22.8 Å². The van der Waals surface area contributed by atoms with Crippen LogP contribution in [0.1, 0.15) is 22.8 Å². The molecule has 0 fully saturated rings. The molecular formula is C132H78N14S2. The molecule has 14 nitrogen and oxygen atoms in total. The molecule has 0 spiro atoms. The van der Waals surface area contributed by atoms with E-state index in [1.54, 1.807) is 24.8 Å². The first-order valence-electron chi connectivity index (χ1n) is 48.8. The molecule has 688 valence electrons. The van der Waals surface area contributed by atoms with E-state index in [0.29, 0.717) is 22.8 Å². The quantitative estimate of drug-likeness (QED) is 0.130. The lowest BCUT2D eigenvalue weighted by Crippen LogP contribution is -2.00. The lowest BCUT2D eigenvalue weighted by molar-refractivity contribution is 1.12. The van der Waals surface area contributed by atoms with Crippen LogP contribution in [0.4, 0.5) is 0 Å². The Morgan fingerprint density at radius 2 is 0.453 bits per heavy atom. The van der Waals surface area contributed by atoms with Gasteiger partial charge in [0.05, 0.1) is 88.9 Å². The predicted octanol–water partition coefficient (Wildman–Crippen LogP) is 33.8. The van der Waals surface area contributed by atoms with E-state index in [1.807, 2.05) is 102 Å². The number of hydrogen-bond donors (Lipinski definition) is 0. The average molecular weight is 1920 g/mol. The summed E-state index contributed by atoms with van der Waals surface area (Å²) in [5.74, 6) is 0. The van der Waals surface area contributed by atoms with Crippen LogP contribution in [0.5, 0.6) is 0 Å². The molecule has 0 aliphatic heterocycles. The van der Waals surface area contributed by atoms with Crippen LogP contribution in [-0.2, 0) is 0 Å². The summed E-state index contributed by atoms with van der Waals surface area (Å²) in [4.78, 5) is 18.4. The van der Waals surface area contributed by atoms with Gasteiger partial charge in [-0.1, -0.05) is 309 Å². The Hall–Kier alpha value is -20.2. The normalized spacial score (nSPS) is 11.5. The van der Waals surface area contributed by atoms with E-state index in [4.69, 9.17) is 0 Å². The van der Waals surface area contributed by atoms with E-state index >= 15 is 0 Å². The SMILES string of the molecule is N#Cc1ncc(-c2ccccc2)cc1-n1c2ccccc2c2c1ccc1c3ccccc3n(-c3ccccc3)c12.N#Cc1ncc(-c2ccccc2)cc1-n1c2ccccc2c2c3c(ccc21)sc1ccccc13.N#Cc1ncc(-c2ccccc2)cc1-n1c2ccccc2c2c3c4ccccc4n(-c4ccccc4)c3ccc21.N#Cc1ncc(-c2ccccc2)cc1-n1c2ccccc2c2cc3sc4ccccc4c3cc21. The summed E-state index contributed by atoms with van der Waals surface area (Å²) in [7, 11) is 0. The van der Waals surface area contributed by atoms with E-state index < -0.39 is 0 Å². The minimum absolute atomic E-state index is 0.394. The fraction of sp³-hybridized carbons (Fsp3) is 0. The van der Waals surface area contributed by atoms with Gasteiger partial charge in [0.25, 0.3) is 0 Å². The number of pyridine rings is 4. The fourth-order valence-electron chi connectivity index (χ4n) is 22.2. The lowest BCUT2D eigenvalue weighted by atomic mass is 10.1. The highest BCUT2D eigenvalue weighted by atomic mass is 32.1. The highest BCUT2D eigenvalue weighted by Crippen LogP contribution is 2.50. The van der Waals surface area contributed by atoms with Gasteiger partial charge >= 0.3 is 0 Å². The van der Waals surface area contributed by atoms with Gasteiger partial charge in [-0.2, -0.15) is 21.0 Å². The monoisotopic (exact) mass is 1920 g/mol. The predicted molar refractivity (Wildman–Crippen MR) is 609 cm³/mol. The zero-order valence-electron chi connectivity index (χ0n) is 79.1. The first-order valence-corrected chi connectivity index (χ1v) is 50.5. The number of para-hydroxylation sites is 8. The van der Waals surface area contributed by atoms with Crippen molar-refractivity contribution in [3.63, 3.8) is 0 Å². The standard InChI is InChI=1S/2C36H22N4.2C30H17N3S/c37-22-30-34(21-25(23-38-30)24-11-3-1-4-12-24)40-32-18-10-8-16-29(32)35-33(40)20-19-28-27-15-7-9-17-31(27)39(36(28)35)26-13-5-2-6-14-26;37-22-29-34(21-25(23-38-29)24-11-3-1-4-12-24)40-31-18-10-8-16-28(31)36-33(40)20-19-32-35(36)27-15-7-9-17-30(27)39(32)26-13-5-2-6-14-26;31-17-25-28(14-20(18-32-25)19-8-2-1-3-9-19)33-26-12-6-4-10-21(26)23-16-30-24(15-27(23)33)22-11-5-7-13-29(22)34-30;31-17-23-26(16-20(18-32-23)19-8-2-1-3-9-19)33-24-12-6-4-10-21(24)29-25(33)14-15-28-30(29)22-11-5-7-13-27(22)34-28/h2*1-21,23H;2*1-16,18H. The number of nitrogens with zero attached hydrogens (tertiary/aromatic N) is 14. The summed E-state index contributed by atoms with van der Waals surface area (Å²) < 4.78 is 18.6. The Labute approximate surface area is 855 Å². The maximum absolute atomic E-state index is 10.2. The summed E-state index contributed by atoms with van der Waals surface area (Å²) >= 11 is 3.65. The van der Waals surface area contributed by atoms with Crippen molar-refractivity contribution in [2.45, 2.75) is 0 Å². The van der Waals surface area contributed by atoms with E-state index in [9.17, 15) is 21.0 Å². The van der Waals surface area contributed by atoms with Gasteiger partial charge in [0.2, 0.25) is 0 Å². The molecular weight excluding hydrogens is 1850 g/mol. The molecule has 0 N–H and O–H groups in total. The van der Waals surface area contributed by atoms with Crippen LogP contribution in [0.3, 0.4) is 0 Å². The summed E-state index contributed by atoms with van der Waals surface area (Å²) in [6, 6.07) is 165. The van der Waals surface area contributed by atoms with Crippen LogP contribution in [0.2, 0.25) is 0 Å². The Balaban J connectivity index is 0.0000000977. The Bertz CT molecular complexity index is 10700. The number of fused-ring (bicyclic) bond motifs is 27. The Morgan fingerprint density at radius 1 is 0.169 bits per heavy atom. The highest BCUT2D eigenvalue weighted by Gasteiger charge is 2.29. The molecule has 0 aliphatic carbocycles. The van der Waals surface area contributed by atoms with Crippen molar-refractivity contribution in [1.82, 2.24) is 47.3 Å². The molecule has 0 saturated heterocycles. The van der Waals surface area contributed by atoms with Crippen LogP contribution in [0, 0.1) is 45.3 Å². The number of aromatic nitrogens is 10. The van der Waals surface area contributed by atoms with E-state index in [1.165, 1.54) is 99.9 Å². The van der Waals surface area contributed by atoms with Crippen molar-refractivity contribution in [3.05, 3.63) is 496 Å². The van der Waals surface area contributed by atoms with Crippen molar-refractivity contribution < 1.29 is 0 Å². The molecule has 18 aromatic carbocycles. The highest BCUT2D eigenvalue weighted by molar-refractivity contribution is 7.26. The Morgan fingerprint density at radius 3 is 0.872 bits per heavy atom. The van der Waals surface area contributed by atoms with Crippen LogP contribution >= 0.6 is 22.7 Å². The molecule has 0 radical (unpaired) electrons. The smallest absolute Gasteiger partial charge is 0.164 e. The Kier molecular flexibility index (Phi) is 21.2. The van der Waals surface area contributed by atoms with E-state index in [2.05, 4.69) is 442 Å². The second kappa shape index (κ2) is 36.1. The first kappa shape index (κ1) is 86.8. The number of thiophene rings is 2. The van der Waals surface area contributed by atoms with E-state index in [-0.39, 0.29) is 0 Å². The number of hydrogen-bond acceptors (Lipinski definition) is 10. The zero-order chi connectivity index (χ0) is 98.6. The molecule has 0 atom stereocenters. The van der Waals surface area contributed by atoms with Crippen molar-refractivity contribution in [2.24, 2.45) is 0 Å². The van der Waals surface area contributed by atoms with Gasteiger partial charge in [-0.15, -0.1) is 22.7 Å². The molecule has 30 aromatic rings. The average Bonchev–Trinajstić information content (AvgIpc) is 1.55. The topological polar surface area (TPSA) is 176 Å². The molecule has 0 aliphatic rings. The maximum Gasteiger partial charge on any atom is 0.164 e. The molecule has 30 rings (SSSR count). The molecule has 12 aromatic heterocycles. The maximum atomic E-state index is 10.2. The number of nitriles is 4. The first-order chi connectivity index (χ1) is 73.3. The van der Waals surface area contributed by atoms with Crippen molar-refractivity contribution in [3.8, 4) is 103 Å². The summed E-state index contributed by atoms with van der Waals surface area (Å²) in [6.45, 7) is 0.